The second kappa shape index (κ2) is 6.45. The van der Waals surface area contributed by atoms with Gasteiger partial charge < -0.3 is 10.4 Å². The van der Waals surface area contributed by atoms with E-state index in [1.165, 1.54) is 0 Å². The van der Waals surface area contributed by atoms with Gasteiger partial charge in [-0.15, -0.1) is 6.58 Å². The van der Waals surface area contributed by atoms with Crippen molar-refractivity contribution in [2.45, 2.75) is 31.9 Å². The number of nitrogens with one attached hydrogen (secondary N) is 1. The minimum atomic E-state index is -0.486. The van der Waals surface area contributed by atoms with Crippen LogP contribution in [-0.4, -0.2) is 27.5 Å². The van der Waals surface area contributed by atoms with Crippen LogP contribution in [0.4, 0.5) is 0 Å². The highest BCUT2D eigenvalue weighted by molar-refractivity contribution is 5.08. The van der Waals surface area contributed by atoms with Gasteiger partial charge in [0.2, 0.25) is 0 Å². The topological polar surface area (TPSA) is 50.1 Å². The third-order valence-corrected chi connectivity index (χ3v) is 2.57. The molecule has 1 heterocycles. The number of hydrogen-bond acceptors (Lipinski definition) is 3. The number of hydrogen-bond donors (Lipinski definition) is 2. The van der Waals surface area contributed by atoms with Crippen LogP contribution in [0.3, 0.4) is 0 Å². The van der Waals surface area contributed by atoms with Crippen LogP contribution in [0, 0.1) is 0 Å². The predicted molar refractivity (Wildman–Crippen MR) is 65.1 cm³/mol. The minimum absolute atomic E-state index is 0.393. The van der Waals surface area contributed by atoms with Crippen molar-refractivity contribution in [3.63, 3.8) is 0 Å². The summed E-state index contributed by atoms with van der Waals surface area (Å²) in [6, 6.07) is 0.393. The Morgan fingerprint density at radius 3 is 3.00 bits per heavy atom. The number of aliphatic hydroxyl groups excluding tert-OH is 1. The van der Waals surface area contributed by atoms with Gasteiger partial charge in [-0.1, -0.05) is 6.08 Å². The molecule has 1 aromatic rings. The molecule has 0 spiro atoms. The molecular formula is C12H21N3O. The summed E-state index contributed by atoms with van der Waals surface area (Å²) in [5, 5.41) is 17.2. The van der Waals surface area contributed by atoms with Gasteiger partial charge >= 0.3 is 0 Å². The van der Waals surface area contributed by atoms with E-state index in [2.05, 4.69) is 23.9 Å². The van der Waals surface area contributed by atoms with Gasteiger partial charge in [0.05, 0.1) is 12.3 Å². The smallest absolute Gasteiger partial charge is 0.0944 e. The summed E-state index contributed by atoms with van der Waals surface area (Å²) >= 11 is 0. The second-order valence-electron chi connectivity index (χ2n) is 4.14. The fraction of sp³-hybridized carbons (Fsp3) is 0.583. The molecule has 4 nitrogen and oxygen atoms in total. The van der Waals surface area contributed by atoms with Crippen LogP contribution in [0.2, 0.25) is 0 Å². The maximum absolute atomic E-state index is 9.87. The molecule has 16 heavy (non-hydrogen) atoms. The van der Waals surface area contributed by atoms with Crippen molar-refractivity contribution in [3.8, 4) is 0 Å². The molecule has 0 aliphatic heterocycles. The number of aryl methyl sites for hydroxylation is 1. The van der Waals surface area contributed by atoms with Gasteiger partial charge in [-0.25, -0.2) is 0 Å². The Kier molecular flexibility index (Phi) is 5.22. The lowest BCUT2D eigenvalue weighted by Gasteiger charge is -2.15. The van der Waals surface area contributed by atoms with Crippen LogP contribution < -0.4 is 5.32 Å². The van der Waals surface area contributed by atoms with Crippen molar-refractivity contribution in [2.75, 3.05) is 6.54 Å². The first kappa shape index (κ1) is 12.9. The van der Waals surface area contributed by atoms with Gasteiger partial charge in [0.15, 0.2) is 0 Å². The van der Waals surface area contributed by atoms with Crippen molar-refractivity contribution >= 4 is 0 Å². The molecule has 0 saturated heterocycles. The third kappa shape index (κ3) is 4.16. The lowest BCUT2D eigenvalue weighted by atomic mass is 10.1. The lowest BCUT2D eigenvalue weighted by Crippen LogP contribution is -2.30. The van der Waals surface area contributed by atoms with Gasteiger partial charge in [0.1, 0.15) is 0 Å². The van der Waals surface area contributed by atoms with E-state index in [1.807, 2.05) is 19.3 Å². The molecule has 2 atom stereocenters. The second-order valence-corrected chi connectivity index (χ2v) is 4.14. The molecule has 0 bridgehead atoms. The first-order valence-electron chi connectivity index (χ1n) is 5.64. The van der Waals surface area contributed by atoms with E-state index in [0.717, 1.165) is 18.4 Å². The molecular weight excluding hydrogens is 202 g/mol. The number of aliphatic hydroxyl groups is 1. The zero-order valence-electron chi connectivity index (χ0n) is 10.1. The molecule has 0 radical (unpaired) electrons. The van der Waals surface area contributed by atoms with Gasteiger partial charge in [-0.2, -0.15) is 5.10 Å². The normalized spacial score (nSPS) is 14.7. The average Bonchev–Trinajstić information content (AvgIpc) is 2.69. The molecule has 0 aliphatic carbocycles. The molecule has 4 heteroatoms. The zero-order valence-corrected chi connectivity index (χ0v) is 10.1. The lowest BCUT2D eigenvalue weighted by molar-refractivity contribution is 0.170. The predicted octanol–water partition coefficient (Wildman–Crippen LogP) is 1.40. The third-order valence-electron chi connectivity index (χ3n) is 2.57. The highest BCUT2D eigenvalue weighted by Crippen LogP contribution is 2.10. The van der Waals surface area contributed by atoms with E-state index in [-0.39, 0.29) is 0 Å². The highest BCUT2D eigenvalue weighted by Gasteiger charge is 2.10. The van der Waals surface area contributed by atoms with Gasteiger partial charge in [0, 0.05) is 31.4 Å². The van der Waals surface area contributed by atoms with Crippen molar-refractivity contribution < 1.29 is 5.11 Å². The van der Waals surface area contributed by atoms with Crippen molar-refractivity contribution in [1.82, 2.24) is 15.1 Å². The Hall–Kier alpha value is -1.13. The monoisotopic (exact) mass is 223 g/mol. The summed E-state index contributed by atoms with van der Waals surface area (Å²) in [4.78, 5) is 0. The summed E-state index contributed by atoms with van der Waals surface area (Å²) in [5.74, 6) is 0. The van der Waals surface area contributed by atoms with E-state index in [9.17, 15) is 5.11 Å². The SMILES string of the molecule is C=CCCC(C)NCC(O)c1cnn(C)c1. The highest BCUT2D eigenvalue weighted by atomic mass is 16.3. The fourth-order valence-corrected chi connectivity index (χ4v) is 1.51. The van der Waals surface area contributed by atoms with Crippen LogP contribution in [-0.2, 0) is 7.05 Å². The maximum atomic E-state index is 9.87. The minimum Gasteiger partial charge on any atom is -0.387 e. The Morgan fingerprint density at radius 1 is 1.69 bits per heavy atom. The molecule has 1 aromatic heterocycles. The summed E-state index contributed by atoms with van der Waals surface area (Å²) in [6.07, 6.45) is 7.00. The molecule has 90 valence electrons. The van der Waals surface area contributed by atoms with E-state index in [0.29, 0.717) is 12.6 Å². The first-order valence-corrected chi connectivity index (χ1v) is 5.64. The largest absolute Gasteiger partial charge is 0.387 e. The molecule has 0 aliphatic rings. The Morgan fingerprint density at radius 2 is 2.44 bits per heavy atom. The average molecular weight is 223 g/mol. The number of allylic oxidation sites excluding steroid dienone is 1. The summed E-state index contributed by atoms with van der Waals surface area (Å²) in [6.45, 7) is 6.36. The van der Waals surface area contributed by atoms with Crippen molar-refractivity contribution in [1.29, 1.82) is 0 Å². The zero-order chi connectivity index (χ0) is 12.0. The van der Waals surface area contributed by atoms with Crippen molar-refractivity contribution in [2.24, 2.45) is 7.05 Å². The number of rotatable bonds is 7. The van der Waals surface area contributed by atoms with E-state index in [1.54, 1.807) is 10.9 Å². The van der Waals surface area contributed by atoms with Gasteiger partial charge in [0.25, 0.3) is 0 Å². The van der Waals surface area contributed by atoms with Crippen LogP contribution >= 0.6 is 0 Å². The van der Waals surface area contributed by atoms with Crippen LogP contribution in [0.5, 0.6) is 0 Å². The molecule has 2 unspecified atom stereocenters. The van der Waals surface area contributed by atoms with Crippen LogP contribution in [0.15, 0.2) is 25.0 Å². The standard InChI is InChI=1S/C12H21N3O/c1-4-5-6-10(2)13-8-12(16)11-7-14-15(3)9-11/h4,7,9-10,12-13,16H,1,5-6,8H2,2-3H3. The fourth-order valence-electron chi connectivity index (χ4n) is 1.51. The van der Waals surface area contributed by atoms with Gasteiger partial charge in [-0.3, -0.25) is 4.68 Å². The number of aromatic nitrogens is 2. The van der Waals surface area contributed by atoms with Gasteiger partial charge in [-0.05, 0) is 19.8 Å². The Labute approximate surface area is 97.0 Å². The van der Waals surface area contributed by atoms with Crippen LogP contribution in [0.25, 0.3) is 0 Å². The van der Waals surface area contributed by atoms with E-state index < -0.39 is 6.10 Å². The summed E-state index contributed by atoms with van der Waals surface area (Å²) < 4.78 is 1.69. The Bertz CT molecular complexity index is 322. The summed E-state index contributed by atoms with van der Waals surface area (Å²) in [7, 11) is 1.84. The first-order chi connectivity index (χ1) is 7.63. The molecule has 0 saturated carbocycles. The quantitative estimate of drug-likeness (QED) is 0.687. The molecule has 2 N–H and O–H groups in total. The Balaban J connectivity index is 2.29. The molecule has 0 amide bonds. The van der Waals surface area contributed by atoms with E-state index in [4.69, 9.17) is 0 Å². The van der Waals surface area contributed by atoms with E-state index >= 15 is 0 Å². The maximum Gasteiger partial charge on any atom is 0.0944 e. The molecule has 0 aromatic carbocycles. The summed E-state index contributed by atoms with van der Waals surface area (Å²) in [5.41, 5.74) is 0.853. The molecule has 1 rings (SSSR count). The van der Waals surface area contributed by atoms with Crippen molar-refractivity contribution in [3.05, 3.63) is 30.6 Å². The van der Waals surface area contributed by atoms with Crippen LogP contribution in [0.1, 0.15) is 31.4 Å². The number of nitrogens with zero attached hydrogens (tertiary/aromatic N) is 2. The molecule has 0 fully saturated rings.